The Morgan fingerprint density at radius 3 is 2.54 bits per heavy atom. The van der Waals surface area contributed by atoms with E-state index in [-0.39, 0.29) is 18.4 Å². The van der Waals surface area contributed by atoms with Crippen molar-refractivity contribution in [3.8, 4) is 0 Å². The highest BCUT2D eigenvalue weighted by Gasteiger charge is 2.25. The fourth-order valence-corrected chi connectivity index (χ4v) is 0.903. The number of amides is 1. The molecule has 6 nitrogen and oxygen atoms in total. The Hall–Kier alpha value is -1.14. The summed E-state index contributed by atoms with van der Waals surface area (Å²) in [6.07, 6.45) is -1.52. The molecule has 1 saturated heterocycles. The molecule has 0 aromatic carbocycles. The van der Waals surface area contributed by atoms with Crippen molar-refractivity contribution in [3.63, 3.8) is 0 Å². The fraction of sp³-hybridized carbons (Fsp3) is 0.714. The van der Waals surface area contributed by atoms with E-state index in [1.165, 1.54) is 0 Å². The average molecular weight is 188 g/mol. The number of hydrogen-bond acceptors (Lipinski definition) is 4. The quantitative estimate of drug-likeness (QED) is 0.400. The predicted molar refractivity (Wildman–Crippen MR) is 43.0 cm³/mol. The molecule has 6 heteroatoms. The van der Waals surface area contributed by atoms with Gasteiger partial charge in [-0.15, -0.1) is 0 Å². The van der Waals surface area contributed by atoms with E-state index in [0.717, 1.165) is 0 Å². The van der Waals surface area contributed by atoms with Gasteiger partial charge in [-0.25, -0.2) is 4.79 Å². The van der Waals surface area contributed by atoms with Gasteiger partial charge >= 0.3 is 5.97 Å². The summed E-state index contributed by atoms with van der Waals surface area (Å²) in [7, 11) is 0. The highest BCUT2D eigenvalue weighted by molar-refractivity contribution is 5.81. The molecule has 13 heavy (non-hydrogen) atoms. The van der Waals surface area contributed by atoms with Crippen LogP contribution in [0.4, 0.5) is 0 Å². The largest absolute Gasteiger partial charge is 0.479 e. The maximum atomic E-state index is 11.1. The van der Waals surface area contributed by atoms with E-state index >= 15 is 0 Å². The number of aliphatic hydroxyl groups is 1. The third-order valence-corrected chi connectivity index (χ3v) is 1.91. The van der Waals surface area contributed by atoms with Crippen molar-refractivity contribution >= 4 is 11.9 Å². The van der Waals surface area contributed by atoms with E-state index in [0.29, 0.717) is 13.1 Å². The number of aliphatic hydroxyl groups excluding tert-OH is 1. The molecule has 0 radical (unpaired) electrons. The van der Waals surface area contributed by atoms with Crippen LogP contribution in [0.3, 0.4) is 0 Å². The molecule has 0 aliphatic carbocycles. The van der Waals surface area contributed by atoms with Crippen LogP contribution in [-0.2, 0) is 9.59 Å². The lowest BCUT2D eigenvalue weighted by atomic mass is 10.0. The number of carbonyl (C=O) groups excluding carboxylic acids is 1. The zero-order chi connectivity index (χ0) is 9.84. The minimum atomic E-state index is -1.52. The van der Waals surface area contributed by atoms with Crippen molar-refractivity contribution in [2.75, 3.05) is 19.6 Å². The molecule has 1 fully saturated rings. The van der Waals surface area contributed by atoms with Gasteiger partial charge in [0, 0.05) is 13.1 Å². The van der Waals surface area contributed by atoms with E-state index < -0.39 is 12.1 Å². The van der Waals surface area contributed by atoms with Gasteiger partial charge in [0.15, 0.2) is 6.10 Å². The van der Waals surface area contributed by atoms with Gasteiger partial charge in [-0.3, -0.25) is 4.79 Å². The van der Waals surface area contributed by atoms with Gasteiger partial charge in [0.05, 0.1) is 12.5 Å². The second kappa shape index (κ2) is 4.20. The molecule has 0 saturated carbocycles. The molecule has 74 valence electrons. The molecule has 0 aromatic heterocycles. The second-order valence-corrected chi connectivity index (χ2v) is 2.95. The molecule has 0 aromatic rings. The summed E-state index contributed by atoms with van der Waals surface area (Å²) in [4.78, 5) is 21.2. The van der Waals surface area contributed by atoms with Crippen LogP contribution in [0, 0.1) is 5.92 Å². The Labute approximate surface area is 74.9 Å². The summed E-state index contributed by atoms with van der Waals surface area (Å²) < 4.78 is 0. The number of carboxylic acid groups (broad SMARTS) is 1. The average Bonchev–Trinajstić information content (AvgIpc) is 1.96. The number of carboxylic acids is 1. The summed E-state index contributed by atoms with van der Waals surface area (Å²) >= 11 is 0. The summed E-state index contributed by atoms with van der Waals surface area (Å²) in [5, 5.41) is 22.4. The highest BCUT2D eigenvalue weighted by Crippen LogP contribution is 2.01. The molecule has 1 aliphatic heterocycles. The second-order valence-electron chi connectivity index (χ2n) is 2.95. The lowest BCUT2D eigenvalue weighted by Crippen LogP contribution is -2.52. The number of carbonyl (C=O) groups is 2. The first-order valence-electron chi connectivity index (χ1n) is 4.00. The molecule has 0 unspecified atom stereocenters. The summed E-state index contributed by atoms with van der Waals surface area (Å²) in [6.45, 7) is 1.01. The highest BCUT2D eigenvalue weighted by atomic mass is 16.4. The van der Waals surface area contributed by atoms with Crippen molar-refractivity contribution in [1.29, 1.82) is 0 Å². The lowest BCUT2D eigenvalue weighted by Gasteiger charge is -2.25. The zero-order valence-electron chi connectivity index (χ0n) is 6.99. The van der Waals surface area contributed by atoms with Crippen LogP contribution in [0.1, 0.15) is 0 Å². The number of hydrogen-bond donors (Lipinski definition) is 4. The van der Waals surface area contributed by atoms with Gasteiger partial charge in [0.25, 0.3) is 0 Å². The molecule has 1 atom stereocenters. The summed E-state index contributed by atoms with van der Waals surface area (Å²) in [5.41, 5.74) is 0. The van der Waals surface area contributed by atoms with Crippen molar-refractivity contribution in [2.24, 2.45) is 5.92 Å². The van der Waals surface area contributed by atoms with Crippen LogP contribution in [0.25, 0.3) is 0 Å². The molecule has 0 spiro atoms. The van der Waals surface area contributed by atoms with Crippen LogP contribution in [0.5, 0.6) is 0 Å². The Bertz CT molecular complexity index is 215. The molecular formula is C7H12N2O4. The number of nitrogens with one attached hydrogen (secondary N) is 2. The summed E-state index contributed by atoms with van der Waals surface area (Å²) in [6, 6.07) is 0. The molecule has 1 rings (SSSR count). The van der Waals surface area contributed by atoms with Crippen molar-refractivity contribution in [2.45, 2.75) is 6.10 Å². The minimum absolute atomic E-state index is 0.0824. The van der Waals surface area contributed by atoms with Gasteiger partial charge in [0.2, 0.25) is 5.91 Å². The van der Waals surface area contributed by atoms with E-state index in [9.17, 15) is 9.59 Å². The van der Waals surface area contributed by atoms with Gasteiger partial charge in [-0.1, -0.05) is 0 Å². The maximum Gasteiger partial charge on any atom is 0.334 e. The number of rotatable bonds is 4. The van der Waals surface area contributed by atoms with E-state index in [1.807, 2.05) is 0 Å². The monoisotopic (exact) mass is 188 g/mol. The minimum Gasteiger partial charge on any atom is -0.479 e. The summed E-state index contributed by atoms with van der Waals surface area (Å²) in [5.74, 6) is -1.62. The van der Waals surface area contributed by atoms with Crippen molar-refractivity contribution in [3.05, 3.63) is 0 Å². The normalized spacial score (nSPS) is 18.8. The zero-order valence-corrected chi connectivity index (χ0v) is 6.99. The van der Waals surface area contributed by atoms with Gasteiger partial charge in [-0.2, -0.15) is 0 Å². The lowest BCUT2D eigenvalue weighted by molar-refractivity contribution is -0.146. The van der Waals surface area contributed by atoms with Crippen LogP contribution < -0.4 is 10.6 Å². The van der Waals surface area contributed by atoms with E-state index in [4.69, 9.17) is 10.2 Å². The van der Waals surface area contributed by atoms with Crippen molar-refractivity contribution in [1.82, 2.24) is 10.6 Å². The predicted octanol–water partition coefficient (Wildman–Crippen LogP) is -2.23. The van der Waals surface area contributed by atoms with Crippen LogP contribution in [-0.4, -0.2) is 47.8 Å². The molecule has 1 amide bonds. The Balaban J connectivity index is 2.17. The first-order chi connectivity index (χ1) is 6.11. The number of aliphatic carboxylic acids is 1. The third-order valence-electron chi connectivity index (χ3n) is 1.91. The van der Waals surface area contributed by atoms with Crippen molar-refractivity contribution < 1.29 is 19.8 Å². The molecule has 1 heterocycles. The van der Waals surface area contributed by atoms with Gasteiger partial charge in [-0.05, 0) is 0 Å². The van der Waals surface area contributed by atoms with Gasteiger partial charge in [0.1, 0.15) is 0 Å². The Morgan fingerprint density at radius 1 is 1.54 bits per heavy atom. The Kier molecular flexibility index (Phi) is 3.21. The first-order valence-corrected chi connectivity index (χ1v) is 4.00. The van der Waals surface area contributed by atoms with Crippen LogP contribution in [0.2, 0.25) is 0 Å². The van der Waals surface area contributed by atoms with Crippen LogP contribution >= 0.6 is 0 Å². The molecule has 0 bridgehead atoms. The molecular weight excluding hydrogens is 176 g/mol. The van der Waals surface area contributed by atoms with E-state index in [1.54, 1.807) is 0 Å². The maximum absolute atomic E-state index is 11.1. The standard InChI is InChI=1S/C7H12N2O4/c10-5(7(12)13)3-9-6(11)4-1-8-2-4/h4-5,8,10H,1-3H2,(H,9,11)(H,12,13)/t5-/m0/s1. The van der Waals surface area contributed by atoms with Gasteiger partial charge < -0.3 is 20.8 Å². The first kappa shape index (κ1) is 9.94. The third kappa shape index (κ3) is 2.67. The van der Waals surface area contributed by atoms with Crippen LogP contribution in [0.15, 0.2) is 0 Å². The Morgan fingerprint density at radius 2 is 2.15 bits per heavy atom. The molecule has 4 N–H and O–H groups in total. The SMILES string of the molecule is O=C(NC[C@H](O)C(=O)O)C1CNC1. The fourth-order valence-electron chi connectivity index (χ4n) is 0.903. The smallest absolute Gasteiger partial charge is 0.334 e. The molecule has 1 aliphatic rings. The topological polar surface area (TPSA) is 98.7 Å². The van der Waals surface area contributed by atoms with E-state index in [2.05, 4.69) is 10.6 Å².